The molecule has 0 N–H and O–H groups in total. The normalized spacial score (nSPS) is 16.2. The van der Waals surface area contributed by atoms with Crippen LogP contribution < -0.4 is 9.47 Å². The van der Waals surface area contributed by atoms with E-state index in [1.54, 1.807) is 12.1 Å². The Labute approximate surface area is 154 Å². The van der Waals surface area contributed by atoms with E-state index >= 15 is 0 Å². The van der Waals surface area contributed by atoms with Gasteiger partial charge in [-0.2, -0.15) is 0 Å². The van der Waals surface area contributed by atoms with E-state index < -0.39 is 0 Å². The first-order chi connectivity index (χ1) is 11.5. The number of hydrogen-bond acceptors (Lipinski definition) is 5. The van der Waals surface area contributed by atoms with Crippen LogP contribution in [0.15, 0.2) is 21.5 Å². The summed E-state index contributed by atoms with van der Waals surface area (Å²) >= 11 is 4.43. The first-order valence-electron chi connectivity index (χ1n) is 7.86. The van der Waals surface area contributed by atoms with Crippen LogP contribution >= 0.6 is 27.7 Å². The zero-order chi connectivity index (χ0) is 17.7. The molecule has 0 atom stereocenters. The fourth-order valence-electron chi connectivity index (χ4n) is 2.27. The average molecular weight is 414 g/mol. The smallest absolute Gasteiger partial charge is 0.293 e. The number of nitrogens with zero attached hydrogens (tertiary/aromatic N) is 1. The second kappa shape index (κ2) is 8.58. The van der Waals surface area contributed by atoms with Crippen molar-refractivity contribution in [3.8, 4) is 11.5 Å². The predicted octanol–water partition coefficient (Wildman–Crippen LogP) is 4.69. The minimum absolute atomic E-state index is 0.226. The van der Waals surface area contributed by atoms with Gasteiger partial charge in [-0.1, -0.05) is 6.92 Å². The van der Waals surface area contributed by atoms with Gasteiger partial charge in [0.15, 0.2) is 0 Å². The standard InChI is InChI=1S/C17H20BrNO4S/c1-4-7-19-16(20)15(24-17(19)21)9-11-8-12(18)14(23-6-3)10-13(11)22-5-2/h8-10H,4-7H2,1-3H3. The summed E-state index contributed by atoms with van der Waals surface area (Å²) in [7, 11) is 0. The van der Waals surface area contributed by atoms with E-state index in [1.165, 1.54) is 4.90 Å². The Hall–Kier alpha value is -1.47. The Morgan fingerprint density at radius 2 is 1.79 bits per heavy atom. The predicted molar refractivity (Wildman–Crippen MR) is 99.4 cm³/mol. The summed E-state index contributed by atoms with van der Waals surface area (Å²) in [4.78, 5) is 26.0. The molecule has 0 unspecified atom stereocenters. The van der Waals surface area contributed by atoms with Gasteiger partial charge in [0, 0.05) is 18.2 Å². The van der Waals surface area contributed by atoms with Gasteiger partial charge in [0.25, 0.3) is 11.1 Å². The third kappa shape index (κ3) is 4.13. The lowest BCUT2D eigenvalue weighted by atomic mass is 10.1. The van der Waals surface area contributed by atoms with E-state index in [2.05, 4.69) is 15.9 Å². The largest absolute Gasteiger partial charge is 0.493 e. The lowest BCUT2D eigenvalue weighted by molar-refractivity contribution is -0.122. The van der Waals surface area contributed by atoms with E-state index in [0.717, 1.165) is 28.2 Å². The van der Waals surface area contributed by atoms with Crippen LogP contribution in [0.4, 0.5) is 4.79 Å². The SMILES string of the molecule is CCCN1C(=O)SC(=Cc2cc(Br)c(OCC)cc2OCC)C1=O. The van der Waals surface area contributed by atoms with Gasteiger partial charge in [-0.3, -0.25) is 14.5 Å². The molecule has 0 radical (unpaired) electrons. The molecule has 1 aliphatic rings. The number of benzene rings is 1. The number of hydrogen-bond donors (Lipinski definition) is 0. The lowest BCUT2D eigenvalue weighted by Gasteiger charge is -2.13. The number of ether oxygens (including phenoxy) is 2. The third-order valence-electron chi connectivity index (χ3n) is 3.27. The molecule has 1 fully saturated rings. The summed E-state index contributed by atoms with van der Waals surface area (Å²) in [6.45, 7) is 7.20. The molecule has 7 heteroatoms. The maximum absolute atomic E-state index is 12.4. The zero-order valence-corrected chi connectivity index (χ0v) is 16.3. The molecular weight excluding hydrogens is 394 g/mol. The fraction of sp³-hybridized carbons (Fsp3) is 0.412. The molecule has 2 rings (SSSR count). The highest BCUT2D eigenvalue weighted by Crippen LogP contribution is 2.38. The highest BCUT2D eigenvalue weighted by molar-refractivity contribution is 9.10. The van der Waals surface area contributed by atoms with Crippen molar-refractivity contribution in [2.24, 2.45) is 0 Å². The minimum atomic E-state index is -0.251. The Kier molecular flexibility index (Phi) is 6.74. The number of amides is 2. The van der Waals surface area contributed by atoms with Gasteiger partial charge in [-0.25, -0.2) is 0 Å². The molecule has 0 aliphatic carbocycles. The van der Waals surface area contributed by atoms with Gasteiger partial charge >= 0.3 is 0 Å². The Morgan fingerprint density at radius 1 is 1.12 bits per heavy atom. The van der Waals surface area contributed by atoms with Crippen molar-refractivity contribution in [3.05, 3.63) is 27.1 Å². The summed E-state index contributed by atoms with van der Waals surface area (Å²) in [6, 6.07) is 3.63. The molecule has 130 valence electrons. The Balaban J connectivity index is 2.39. The molecule has 1 saturated heterocycles. The monoisotopic (exact) mass is 413 g/mol. The molecule has 1 aromatic rings. The molecule has 0 bridgehead atoms. The van der Waals surface area contributed by atoms with Gasteiger partial charge in [-0.05, 0) is 60.1 Å². The summed E-state index contributed by atoms with van der Waals surface area (Å²) in [6.07, 6.45) is 2.44. The summed E-state index contributed by atoms with van der Waals surface area (Å²) < 4.78 is 12.0. The van der Waals surface area contributed by atoms with Gasteiger partial charge in [0.05, 0.1) is 22.6 Å². The van der Waals surface area contributed by atoms with Crippen molar-refractivity contribution in [2.45, 2.75) is 27.2 Å². The van der Waals surface area contributed by atoms with Crippen molar-refractivity contribution >= 4 is 44.9 Å². The van der Waals surface area contributed by atoms with Crippen molar-refractivity contribution in [3.63, 3.8) is 0 Å². The van der Waals surface area contributed by atoms with E-state index in [-0.39, 0.29) is 11.1 Å². The number of thioether (sulfide) groups is 1. The quantitative estimate of drug-likeness (QED) is 0.606. The number of carbonyl (C=O) groups excluding carboxylic acids is 2. The van der Waals surface area contributed by atoms with Gasteiger partial charge < -0.3 is 9.47 Å². The molecule has 2 amide bonds. The second-order valence-electron chi connectivity index (χ2n) is 5.02. The molecular formula is C17H20BrNO4S. The van der Waals surface area contributed by atoms with Crippen LogP contribution in [0.25, 0.3) is 6.08 Å². The highest BCUT2D eigenvalue weighted by Gasteiger charge is 2.34. The number of halogens is 1. The van der Waals surface area contributed by atoms with E-state index in [4.69, 9.17) is 9.47 Å². The van der Waals surface area contributed by atoms with Crippen molar-refractivity contribution in [1.29, 1.82) is 0 Å². The maximum Gasteiger partial charge on any atom is 0.293 e. The van der Waals surface area contributed by atoms with E-state index in [9.17, 15) is 9.59 Å². The molecule has 0 aromatic heterocycles. The van der Waals surface area contributed by atoms with Crippen LogP contribution in [-0.2, 0) is 4.79 Å². The van der Waals surface area contributed by atoms with E-state index in [0.29, 0.717) is 36.2 Å². The van der Waals surface area contributed by atoms with E-state index in [1.807, 2.05) is 26.8 Å². The first-order valence-corrected chi connectivity index (χ1v) is 9.47. The average Bonchev–Trinajstić information content (AvgIpc) is 2.80. The Bertz CT molecular complexity index is 675. The molecule has 5 nitrogen and oxygen atoms in total. The van der Waals surface area contributed by atoms with Crippen LogP contribution in [-0.4, -0.2) is 35.8 Å². The van der Waals surface area contributed by atoms with Crippen LogP contribution in [0.5, 0.6) is 11.5 Å². The van der Waals surface area contributed by atoms with Crippen LogP contribution in [0.1, 0.15) is 32.8 Å². The molecule has 0 saturated carbocycles. The van der Waals surface area contributed by atoms with Crippen LogP contribution in [0.3, 0.4) is 0 Å². The topological polar surface area (TPSA) is 55.8 Å². The highest BCUT2D eigenvalue weighted by atomic mass is 79.9. The minimum Gasteiger partial charge on any atom is -0.493 e. The fourth-order valence-corrected chi connectivity index (χ4v) is 3.60. The summed E-state index contributed by atoms with van der Waals surface area (Å²) in [5.74, 6) is 1.04. The Morgan fingerprint density at radius 3 is 2.42 bits per heavy atom. The van der Waals surface area contributed by atoms with Crippen molar-refractivity contribution in [1.82, 2.24) is 4.90 Å². The number of rotatable bonds is 7. The molecule has 1 aliphatic heterocycles. The molecule has 1 heterocycles. The molecule has 0 spiro atoms. The zero-order valence-electron chi connectivity index (χ0n) is 13.9. The third-order valence-corrected chi connectivity index (χ3v) is 4.80. The summed E-state index contributed by atoms with van der Waals surface area (Å²) in [5.41, 5.74) is 0.731. The number of carbonyl (C=O) groups is 2. The first kappa shape index (κ1) is 18.9. The summed E-state index contributed by atoms with van der Waals surface area (Å²) in [5, 5.41) is -0.226. The van der Waals surface area contributed by atoms with Crippen molar-refractivity contribution < 1.29 is 19.1 Å². The molecule has 24 heavy (non-hydrogen) atoms. The second-order valence-corrected chi connectivity index (χ2v) is 6.87. The lowest BCUT2D eigenvalue weighted by Crippen LogP contribution is -2.28. The number of imide groups is 1. The van der Waals surface area contributed by atoms with Crippen molar-refractivity contribution in [2.75, 3.05) is 19.8 Å². The van der Waals surface area contributed by atoms with Crippen LogP contribution in [0.2, 0.25) is 0 Å². The maximum atomic E-state index is 12.4. The van der Waals surface area contributed by atoms with Gasteiger partial charge in [0.2, 0.25) is 0 Å². The van der Waals surface area contributed by atoms with Crippen LogP contribution in [0, 0.1) is 0 Å². The van der Waals surface area contributed by atoms with Gasteiger partial charge in [0.1, 0.15) is 11.5 Å². The van der Waals surface area contributed by atoms with Gasteiger partial charge in [-0.15, -0.1) is 0 Å². The molecule has 1 aromatic carbocycles.